The van der Waals surface area contributed by atoms with E-state index >= 15 is 0 Å². The van der Waals surface area contributed by atoms with E-state index in [9.17, 15) is 14.9 Å². The summed E-state index contributed by atoms with van der Waals surface area (Å²) in [6.45, 7) is 8.80. The van der Waals surface area contributed by atoms with Gasteiger partial charge in [0.1, 0.15) is 5.56 Å². The van der Waals surface area contributed by atoms with Crippen molar-refractivity contribution >= 4 is 17.3 Å². The van der Waals surface area contributed by atoms with Crippen molar-refractivity contribution in [3.8, 4) is 0 Å². The Balaban J connectivity index is 2.87. The zero-order valence-electron chi connectivity index (χ0n) is 12.5. The summed E-state index contributed by atoms with van der Waals surface area (Å²) >= 11 is 0. The molecule has 2 N–H and O–H groups in total. The minimum absolute atomic E-state index is 0.0974. The summed E-state index contributed by atoms with van der Waals surface area (Å²) in [4.78, 5) is 23.4. The van der Waals surface area contributed by atoms with Crippen LogP contribution >= 0.6 is 0 Å². The molecule has 0 saturated heterocycles. The largest absolute Gasteiger partial charge is 0.477 e. The van der Waals surface area contributed by atoms with Crippen LogP contribution in [0.25, 0.3) is 0 Å². The SMILES string of the molecule is CCN(CC)CC(C)Nc1ccc(C(=O)O)c([N+](=O)[O-])c1. The smallest absolute Gasteiger partial charge is 0.342 e. The van der Waals surface area contributed by atoms with Crippen molar-refractivity contribution in [1.29, 1.82) is 0 Å². The highest BCUT2D eigenvalue weighted by molar-refractivity contribution is 5.93. The highest BCUT2D eigenvalue weighted by atomic mass is 16.6. The molecule has 0 aromatic heterocycles. The average Bonchev–Trinajstić information content (AvgIpc) is 2.44. The highest BCUT2D eigenvalue weighted by Gasteiger charge is 2.20. The number of likely N-dealkylation sites (N-methyl/N-ethyl adjacent to an activating group) is 1. The molecule has 0 saturated carbocycles. The average molecular weight is 295 g/mol. The maximum absolute atomic E-state index is 11.0. The van der Waals surface area contributed by atoms with Gasteiger partial charge in [-0.05, 0) is 32.1 Å². The van der Waals surface area contributed by atoms with Gasteiger partial charge in [-0.3, -0.25) is 10.1 Å². The Morgan fingerprint density at radius 2 is 2.05 bits per heavy atom. The van der Waals surface area contributed by atoms with Crippen LogP contribution in [0.2, 0.25) is 0 Å². The highest BCUT2D eigenvalue weighted by Crippen LogP contribution is 2.23. The Kier molecular flexibility index (Phi) is 6.10. The van der Waals surface area contributed by atoms with Crippen molar-refractivity contribution in [2.24, 2.45) is 0 Å². The minimum Gasteiger partial charge on any atom is -0.477 e. The van der Waals surface area contributed by atoms with Gasteiger partial charge < -0.3 is 15.3 Å². The van der Waals surface area contributed by atoms with Crippen molar-refractivity contribution in [3.05, 3.63) is 33.9 Å². The number of carboxylic acid groups (broad SMARTS) is 1. The van der Waals surface area contributed by atoms with Crippen molar-refractivity contribution in [2.75, 3.05) is 25.0 Å². The van der Waals surface area contributed by atoms with E-state index in [1.807, 2.05) is 6.92 Å². The molecule has 116 valence electrons. The van der Waals surface area contributed by atoms with Gasteiger partial charge in [0, 0.05) is 24.3 Å². The number of nitrogens with one attached hydrogen (secondary N) is 1. The number of benzene rings is 1. The molecule has 0 radical (unpaired) electrons. The molecule has 1 rings (SSSR count). The Hall–Kier alpha value is -2.15. The molecule has 7 heteroatoms. The third-order valence-electron chi connectivity index (χ3n) is 3.26. The lowest BCUT2D eigenvalue weighted by molar-refractivity contribution is -0.385. The summed E-state index contributed by atoms with van der Waals surface area (Å²) in [6.07, 6.45) is 0. The van der Waals surface area contributed by atoms with Gasteiger partial charge in [-0.25, -0.2) is 4.79 Å². The molecular weight excluding hydrogens is 274 g/mol. The van der Waals surface area contributed by atoms with Crippen LogP contribution in [0, 0.1) is 10.1 Å². The molecule has 0 aliphatic heterocycles. The van der Waals surface area contributed by atoms with Crippen LogP contribution in [0.3, 0.4) is 0 Å². The number of hydrogen-bond acceptors (Lipinski definition) is 5. The number of carboxylic acids is 1. The molecule has 7 nitrogen and oxygen atoms in total. The molecule has 1 unspecified atom stereocenters. The Bertz CT molecular complexity index is 515. The summed E-state index contributed by atoms with van der Waals surface area (Å²) in [5.41, 5.74) is -0.157. The first-order chi connectivity index (χ1) is 9.88. The fraction of sp³-hybridized carbons (Fsp3) is 0.500. The van der Waals surface area contributed by atoms with Crippen LogP contribution < -0.4 is 5.32 Å². The van der Waals surface area contributed by atoms with Gasteiger partial charge in [0.05, 0.1) is 4.92 Å². The number of hydrogen-bond donors (Lipinski definition) is 2. The van der Waals surface area contributed by atoms with Crippen molar-refractivity contribution in [1.82, 2.24) is 4.90 Å². The van der Waals surface area contributed by atoms with E-state index in [0.29, 0.717) is 5.69 Å². The second-order valence-electron chi connectivity index (χ2n) is 4.83. The summed E-state index contributed by atoms with van der Waals surface area (Å²) in [5.74, 6) is -1.30. The molecule has 21 heavy (non-hydrogen) atoms. The van der Waals surface area contributed by atoms with Gasteiger partial charge in [0.25, 0.3) is 5.69 Å². The van der Waals surface area contributed by atoms with Gasteiger partial charge in [-0.2, -0.15) is 0 Å². The van der Waals surface area contributed by atoms with E-state index in [1.54, 1.807) is 6.07 Å². The number of nitrogens with zero attached hydrogens (tertiary/aromatic N) is 2. The normalized spacial score (nSPS) is 12.2. The summed E-state index contributed by atoms with van der Waals surface area (Å²) in [5, 5.41) is 23.0. The standard InChI is InChI=1S/C14H21N3O4/c1-4-16(5-2)9-10(3)15-11-6-7-12(14(18)19)13(8-11)17(20)21/h6-8,10,15H,4-5,9H2,1-3H3,(H,18,19). The third-order valence-corrected chi connectivity index (χ3v) is 3.26. The fourth-order valence-electron chi connectivity index (χ4n) is 2.15. The van der Waals surface area contributed by atoms with E-state index in [0.717, 1.165) is 19.6 Å². The predicted octanol–water partition coefficient (Wildman–Crippen LogP) is 2.44. The lowest BCUT2D eigenvalue weighted by Crippen LogP contribution is -2.34. The van der Waals surface area contributed by atoms with Gasteiger partial charge >= 0.3 is 5.97 Å². The fourth-order valence-corrected chi connectivity index (χ4v) is 2.15. The van der Waals surface area contributed by atoms with E-state index in [1.165, 1.54) is 12.1 Å². The maximum Gasteiger partial charge on any atom is 0.342 e. The van der Waals surface area contributed by atoms with E-state index < -0.39 is 16.6 Å². The topological polar surface area (TPSA) is 95.7 Å². The first-order valence-electron chi connectivity index (χ1n) is 6.89. The van der Waals surface area contributed by atoms with Gasteiger partial charge in [-0.1, -0.05) is 13.8 Å². The molecule has 1 aromatic carbocycles. The number of rotatable bonds is 8. The minimum atomic E-state index is -1.30. The molecule has 0 bridgehead atoms. The second-order valence-corrected chi connectivity index (χ2v) is 4.83. The Labute approximate surface area is 123 Å². The van der Waals surface area contributed by atoms with Crippen molar-refractivity contribution in [3.63, 3.8) is 0 Å². The quantitative estimate of drug-likeness (QED) is 0.565. The van der Waals surface area contributed by atoms with Gasteiger partial charge in [0.2, 0.25) is 0 Å². The van der Waals surface area contributed by atoms with Crippen molar-refractivity contribution < 1.29 is 14.8 Å². The van der Waals surface area contributed by atoms with E-state index in [2.05, 4.69) is 24.1 Å². The van der Waals surface area contributed by atoms with Crippen LogP contribution in [0.5, 0.6) is 0 Å². The molecule has 0 fully saturated rings. The van der Waals surface area contributed by atoms with Gasteiger partial charge in [-0.15, -0.1) is 0 Å². The number of nitro benzene ring substituents is 1. The van der Waals surface area contributed by atoms with Crippen LogP contribution in [-0.4, -0.2) is 46.6 Å². The maximum atomic E-state index is 11.0. The first-order valence-corrected chi connectivity index (χ1v) is 6.89. The zero-order valence-corrected chi connectivity index (χ0v) is 12.5. The number of aromatic carboxylic acids is 1. The first kappa shape index (κ1) is 16.9. The van der Waals surface area contributed by atoms with Gasteiger partial charge in [0.15, 0.2) is 0 Å². The molecule has 0 heterocycles. The lowest BCUT2D eigenvalue weighted by Gasteiger charge is -2.24. The van der Waals surface area contributed by atoms with E-state index in [-0.39, 0.29) is 11.6 Å². The van der Waals surface area contributed by atoms with E-state index in [4.69, 9.17) is 5.11 Å². The molecule has 1 aromatic rings. The molecular formula is C14H21N3O4. The third kappa shape index (κ3) is 4.71. The number of nitro groups is 1. The zero-order chi connectivity index (χ0) is 16.0. The molecule has 0 amide bonds. The lowest BCUT2D eigenvalue weighted by atomic mass is 10.1. The molecule has 0 aliphatic carbocycles. The summed E-state index contributed by atoms with van der Waals surface area (Å²) in [6, 6.07) is 4.17. The summed E-state index contributed by atoms with van der Waals surface area (Å²) < 4.78 is 0. The number of carbonyl (C=O) groups is 1. The number of anilines is 1. The van der Waals surface area contributed by atoms with Crippen molar-refractivity contribution in [2.45, 2.75) is 26.8 Å². The molecule has 0 spiro atoms. The summed E-state index contributed by atoms with van der Waals surface area (Å²) in [7, 11) is 0. The molecule has 0 aliphatic rings. The Morgan fingerprint density at radius 3 is 2.52 bits per heavy atom. The van der Waals surface area contributed by atoms with Crippen LogP contribution in [0.15, 0.2) is 18.2 Å². The molecule has 1 atom stereocenters. The van der Waals surface area contributed by atoms with Crippen LogP contribution in [0.1, 0.15) is 31.1 Å². The predicted molar refractivity (Wildman–Crippen MR) is 80.9 cm³/mol. The van der Waals surface area contributed by atoms with Crippen LogP contribution in [0.4, 0.5) is 11.4 Å². The van der Waals surface area contributed by atoms with Crippen LogP contribution in [-0.2, 0) is 0 Å². The second kappa shape index (κ2) is 7.58. The Morgan fingerprint density at radius 1 is 1.43 bits per heavy atom. The monoisotopic (exact) mass is 295 g/mol.